The maximum absolute atomic E-state index is 10.4. The first-order valence-corrected chi connectivity index (χ1v) is 12.1. The van der Waals surface area contributed by atoms with E-state index in [0.717, 1.165) is 18.4 Å². The highest BCUT2D eigenvalue weighted by atomic mass is 16.3. The molecule has 0 amide bonds. The summed E-state index contributed by atoms with van der Waals surface area (Å²) in [7, 11) is 0. The third kappa shape index (κ3) is 9.52. The highest BCUT2D eigenvalue weighted by Gasteiger charge is 2.04. The molecule has 2 aromatic rings. The molecule has 1 heteroatoms. The van der Waals surface area contributed by atoms with Gasteiger partial charge in [0.05, 0.1) is 0 Å². The van der Waals surface area contributed by atoms with Gasteiger partial charge in [0, 0.05) is 0 Å². The monoisotopic (exact) mass is 394 g/mol. The van der Waals surface area contributed by atoms with Crippen molar-refractivity contribution in [2.75, 3.05) is 0 Å². The SMILES string of the molecule is CCCCCCCCCc1ccc(Cc2ccc(CCCCCC)c(O)c2)cc1. The number of aryl methyl sites for hydroxylation is 2. The lowest BCUT2D eigenvalue weighted by Crippen LogP contribution is -1.93. The Bertz CT molecular complexity index is 671. The molecular formula is C28H42O. The molecule has 0 aliphatic rings. The molecule has 0 heterocycles. The molecule has 0 fully saturated rings. The Morgan fingerprint density at radius 1 is 0.552 bits per heavy atom. The Kier molecular flexibility index (Phi) is 11.6. The van der Waals surface area contributed by atoms with Crippen LogP contribution in [-0.4, -0.2) is 5.11 Å². The Morgan fingerprint density at radius 3 is 1.72 bits per heavy atom. The molecular weight excluding hydrogens is 352 g/mol. The van der Waals surface area contributed by atoms with Gasteiger partial charge in [0.15, 0.2) is 0 Å². The van der Waals surface area contributed by atoms with Gasteiger partial charge in [-0.3, -0.25) is 0 Å². The number of unbranched alkanes of at least 4 members (excludes halogenated alkanes) is 9. The number of phenols is 1. The van der Waals surface area contributed by atoms with Crippen molar-refractivity contribution in [2.45, 2.75) is 104 Å². The van der Waals surface area contributed by atoms with Crippen LogP contribution in [0, 0.1) is 0 Å². The molecule has 0 saturated carbocycles. The molecule has 0 saturated heterocycles. The molecule has 2 aromatic carbocycles. The molecule has 0 aliphatic heterocycles. The van der Waals surface area contributed by atoms with Crippen LogP contribution in [0.4, 0.5) is 0 Å². The summed E-state index contributed by atoms with van der Waals surface area (Å²) in [4.78, 5) is 0. The quantitative estimate of drug-likeness (QED) is 0.301. The summed E-state index contributed by atoms with van der Waals surface area (Å²) in [6.45, 7) is 4.51. The predicted molar refractivity (Wildman–Crippen MR) is 127 cm³/mol. The number of aromatic hydroxyl groups is 1. The van der Waals surface area contributed by atoms with E-state index in [1.165, 1.54) is 93.7 Å². The van der Waals surface area contributed by atoms with Gasteiger partial charge in [-0.15, -0.1) is 0 Å². The normalized spacial score (nSPS) is 11.1. The molecule has 0 bridgehead atoms. The fourth-order valence-corrected chi connectivity index (χ4v) is 4.02. The first-order chi connectivity index (χ1) is 14.2. The lowest BCUT2D eigenvalue weighted by Gasteiger charge is -2.09. The molecule has 0 spiro atoms. The van der Waals surface area contributed by atoms with Gasteiger partial charge in [0.1, 0.15) is 5.75 Å². The van der Waals surface area contributed by atoms with Crippen molar-refractivity contribution in [3.63, 3.8) is 0 Å². The smallest absolute Gasteiger partial charge is 0.119 e. The fourth-order valence-electron chi connectivity index (χ4n) is 4.02. The Morgan fingerprint density at radius 2 is 1.07 bits per heavy atom. The average molecular weight is 395 g/mol. The lowest BCUT2D eigenvalue weighted by molar-refractivity contribution is 0.465. The first-order valence-electron chi connectivity index (χ1n) is 12.1. The lowest BCUT2D eigenvalue weighted by atomic mass is 9.98. The molecule has 160 valence electrons. The van der Waals surface area contributed by atoms with Crippen molar-refractivity contribution in [1.82, 2.24) is 0 Å². The third-order valence-corrected chi connectivity index (χ3v) is 5.95. The molecule has 1 nitrogen and oxygen atoms in total. The van der Waals surface area contributed by atoms with E-state index >= 15 is 0 Å². The highest BCUT2D eigenvalue weighted by Crippen LogP contribution is 2.23. The molecule has 0 aliphatic carbocycles. The van der Waals surface area contributed by atoms with Crippen LogP contribution < -0.4 is 0 Å². The molecule has 1 N–H and O–H groups in total. The van der Waals surface area contributed by atoms with Gasteiger partial charge in [-0.2, -0.15) is 0 Å². The third-order valence-electron chi connectivity index (χ3n) is 5.95. The van der Waals surface area contributed by atoms with E-state index in [2.05, 4.69) is 50.2 Å². The van der Waals surface area contributed by atoms with Crippen molar-refractivity contribution < 1.29 is 5.11 Å². The number of hydrogen-bond acceptors (Lipinski definition) is 1. The number of rotatable bonds is 15. The van der Waals surface area contributed by atoms with Crippen molar-refractivity contribution >= 4 is 0 Å². The summed E-state index contributed by atoms with van der Waals surface area (Å²) in [5.74, 6) is 0.467. The van der Waals surface area contributed by atoms with E-state index in [1.54, 1.807) is 0 Å². The second-order valence-electron chi connectivity index (χ2n) is 8.64. The second-order valence-corrected chi connectivity index (χ2v) is 8.64. The standard InChI is InChI=1S/C28H42O/c1-3-5-7-9-10-11-12-14-24-16-18-25(19-17-24)22-26-20-21-27(28(29)23-26)15-13-8-6-4-2/h16-21,23,29H,3-15,22H2,1-2H3. The zero-order valence-electron chi connectivity index (χ0n) is 18.9. The molecule has 0 radical (unpaired) electrons. The Hall–Kier alpha value is -1.76. The van der Waals surface area contributed by atoms with Gasteiger partial charge in [0.2, 0.25) is 0 Å². The summed E-state index contributed by atoms with van der Waals surface area (Å²) in [5.41, 5.74) is 5.06. The maximum Gasteiger partial charge on any atom is 0.119 e. The summed E-state index contributed by atoms with van der Waals surface area (Å²) in [6.07, 6.45) is 17.6. The second kappa shape index (κ2) is 14.3. The zero-order valence-corrected chi connectivity index (χ0v) is 18.9. The van der Waals surface area contributed by atoms with Gasteiger partial charge in [0.25, 0.3) is 0 Å². The molecule has 2 rings (SSSR count). The molecule has 0 atom stereocenters. The van der Waals surface area contributed by atoms with E-state index in [1.807, 2.05) is 6.07 Å². The molecule has 29 heavy (non-hydrogen) atoms. The Labute approximate surface area is 179 Å². The first kappa shape index (κ1) is 23.5. The van der Waals surface area contributed by atoms with Gasteiger partial charge in [-0.05, 0) is 60.4 Å². The highest BCUT2D eigenvalue weighted by molar-refractivity contribution is 5.39. The predicted octanol–water partition coefficient (Wildman–Crippen LogP) is 8.40. The van der Waals surface area contributed by atoms with E-state index in [0.29, 0.717) is 5.75 Å². The fraction of sp³-hybridized carbons (Fsp3) is 0.571. The van der Waals surface area contributed by atoms with Crippen molar-refractivity contribution in [2.24, 2.45) is 0 Å². The van der Waals surface area contributed by atoms with Gasteiger partial charge >= 0.3 is 0 Å². The van der Waals surface area contributed by atoms with E-state index in [9.17, 15) is 5.11 Å². The summed E-state index contributed by atoms with van der Waals surface area (Å²) >= 11 is 0. The summed E-state index contributed by atoms with van der Waals surface area (Å²) in [6, 6.07) is 15.3. The average Bonchev–Trinajstić information content (AvgIpc) is 2.73. The van der Waals surface area contributed by atoms with Gasteiger partial charge in [-0.25, -0.2) is 0 Å². The maximum atomic E-state index is 10.4. The van der Waals surface area contributed by atoms with Crippen LogP contribution in [0.15, 0.2) is 42.5 Å². The van der Waals surface area contributed by atoms with Crippen LogP contribution in [0.5, 0.6) is 5.75 Å². The minimum Gasteiger partial charge on any atom is -0.508 e. The number of benzene rings is 2. The van der Waals surface area contributed by atoms with Crippen LogP contribution in [-0.2, 0) is 19.3 Å². The minimum absolute atomic E-state index is 0.467. The largest absolute Gasteiger partial charge is 0.508 e. The van der Waals surface area contributed by atoms with Crippen molar-refractivity contribution in [3.05, 3.63) is 64.7 Å². The van der Waals surface area contributed by atoms with E-state index in [-0.39, 0.29) is 0 Å². The minimum atomic E-state index is 0.467. The summed E-state index contributed by atoms with van der Waals surface area (Å²) < 4.78 is 0. The van der Waals surface area contributed by atoms with Crippen LogP contribution in [0.2, 0.25) is 0 Å². The van der Waals surface area contributed by atoms with Crippen molar-refractivity contribution in [3.8, 4) is 5.75 Å². The van der Waals surface area contributed by atoms with E-state index < -0.39 is 0 Å². The Balaban J connectivity index is 1.74. The number of hydrogen-bond donors (Lipinski definition) is 1. The molecule has 0 aromatic heterocycles. The van der Waals surface area contributed by atoms with E-state index in [4.69, 9.17) is 0 Å². The van der Waals surface area contributed by atoms with Gasteiger partial charge < -0.3 is 5.11 Å². The number of phenolic OH excluding ortho intramolecular Hbond substituents is 1. The van der Waals surface area contributed by atoms with Crippen LogP contribution >= 0.6 is 0 Å². The van der Waals surface area contributed by atoms with Crippen LogP contribution in [0.3, 0.4) is 0 Å². The van der Waals surface area contributed by atoms with Crippen LogP contribution in [0.1, 0.15) is 107 Å². The van der Waals surface area contributed by atoms with Gasteiger partial charge in [-0.1, -0.05) is 108 Å². The van der Waals surface area contributed by atoms with Crippen LogP contribution in [0.25, 0.3) is 0 Å². The molecule has 0 unspecified atom stereocenters. The topological polar surface area (TPSA) is 20.2 Å². The van der Waals surface area contributed by atoms with Crippen molar-refractivity contribution in [1.29, 1.82) is 0 Å². The zero-order chi connectivity index (χ0) is 20.7. The summed E-state index contributed by atoms with van der Waals surface area (Å²) in [5, 5.41) is 10.4.